The third-order valence-electron chi connectivity index (χ3n) is 3.47. The fraction of sp³-hybridized carbons (Fsp3) is 1.00. The number of hydrogen-bond acceptors (Lipinski definition) is 2. The first-order valence-corrected chi connectivity index (χ1v) is 5.61. The summed E-state index contributed by atoms with van der Waals surface area (Å²) < 4.78 is 0. The average molecular weight is 184 g/mol. The van der Waals surface area contributed by atoms with Gasteiger partial charge in [0.05, 0.1) is 5.66 Å². The van der Waals surface area contributed by atoms with Crippen LogP contribution in [-0.4, -0.2) is 5.66 Å². The van der Waals surface area contributed by atoms with E-state index < -0.39 is 0 Å². The Morgan fingerprint density at radius 1 is 1.31 bits per heavy atom. The highest BCUT2D eigenvalue weighted by atomic mass is 15.0. The Bertz CT molecular complexity index is 144. The Hall–Kier alpha value is -0.0800. The molecule has 0 aromatic carbocycles. The average Bonchev–Trinajstić information content (AvgIpc) is 2.08. The molecule has 0 aromatic heterocycles. The summed E-state index contributed by atoms with van der Waals surface area (Å²) in [5.41, 5.74) is 11.4. The Kier molecular flexibility index (Phi) is 3.74. The molecule has 0 aliphatic heterocycles. The topological polar surface area (TPSA) is 52.0 Å². The summed E-state index contributed by atoms with van der Waals surface area (Å²) >= 11 is 0. The number of rotatable bonds is 3. The molecular formula is C11H24N2. The molecule has 0 aromatic rings. The molecule has 0 amide bonds. The van der Waals surface area contributed by atoms with Crippen LogP contribution in [0.3, 0.4) is 0 Å². The van der Waals surface area contributed by atoms with Crippen molar-refractivity contribution in [2.24, 2.45) is 23.3 Å². The van der Waals surface area contributed by atoms with E-state index in [1.165, 1.54) is 25.7 Å². The third kappa shape index (κ3) is 3.65. The maximum atomic E-state index is 5.88. The summed E-state index contributed by atoms with van der Waals surface area (Å²) in [7, 11) is 0. The molecule has 0 spiro atoms. The highest BCUT2D eigenvalue weighted by Gasteiger charge is 2.28. The molecule has 1 rings (SSSR count). The van der Waals surface area contributed by atoms with Crippen LogP contribution in [0.25, 0.3) is 0 Å². The molecule has 0 radical (unpaired) electrons. The second kappa shape index (κ2) is 4.43. The highest BCUT2D eigenvalue weighted by Crippen LogP contribution is 2.31. The van der Waals surface area contributed by atoms with Crippen LogP contribution in [0.2, 0.25) is 0 Å². The lowest BCUT2D eigenvalue weighted by molar-refractivity contribution is 0.212. The van der Waals surface area contributed by atoms with Crippen molar-refractivity contribution in [2.45, 2.75) is 58.0 Å². The van der Waals surface area contributed by atoms with Crippen molar-refractivity contribution >= 4 is 0 Å². The van der Waals surface area contributed by atoms with Crippen molar-refractivity contribution in [2.75, 3.05) is 0 Å². The van der Waals surface area contributed by atoms with Gasteiger partial charge in [0.15, 0.2) is 0 Å². The zero-order valence-electron chi connectivity index (χ0n) is 9.05. The van der Waals surface area contributed by atoms with Gasteiger partial charge >= 0.3 is 0 Å². The van der Waals surface area contributed by atoms with Crippen molar-refractivity contribution in [3.05, 3.63) is 0 Å². The van der Waals surface area contributed by atoms with Crippen molar-refractivity contribution < 1.29 is 0 Å². The molecule has 1 aliphatic rings. The lowest BCUT2D eigenvalue weighted by Gasteiger charge is -2.34. The fourth-order valence-corrected chi connectivity index (χ4v) is 2.19. The lowest BCUT2D eigenvalue weighted by Crippen LogP contribution is -2.51. The zero-order chi connectivity index (χ0) is 9.90. The molecule has 1 unspecified atom stereocenters. The normalized spacial score (nSPS) is 25.8. The SMILES string of the molecule is CCC(C)CC1CCC(N)(N)CC1. The van der Waals surface area contributed by atoms with Gasteiger partial charge in [-0.2, -0.15) is 0 Å². The quantitative estimate of drug-likeness (QED) is 0.661. The van der Waals surface area contributed by atoms with Crippen molar-refractivity contribution in [3.63, 3.8) is 0 Å². The van der Waals surface area contributed by atoms with Crippen LogP contribution in [0.1, 0.15) is 52.4 Å². The Morgan fingerprint density at radius 3 is 2.31 bits per heavy atom. The van der Waals surface area contributed by atoms with Crippen LogP contribution in [0.5, 0.6) is 0 Å². The smallest absolute Gasteiger partial charge is 0.0636 e. The van der Waals surface area contributed by atoms with Crippen molar-refractivity contribution in [3.8, 4) is 0 Å². The van der Waals surface area contributed by atoms with Crippen LogP contribution < -0.4 is 11.5 Å². The van der Waals surface area contributed by atoms with Crippen LogP contribution >= 0.6 is 0 Å². The zero-order valence-corrected chi connectivity index (χ0v) is 9.05. The van der Waals surface area contributed by atoms with E-state index in [9.17, 15) is 0 Å². The molecule has 0 bridgehead atoms. The van der Waals surface area contributed by atoms with Gasteiger partial charge in [-0.3, -0.25) is 0 Å². The molecule has 1 fully saturated rings. The van der Waals surface area contributed by atoms with Crippen LogP contribution in [-0.2, 0) is 0 Å². The van der Waals surface area contributed by atoms with E-state index in [-0.39, 0.29) is 5.66 Å². The Labute approximate surface area is 82.1 Å². The van der Waals surface area contributed by atoms with Crippen molar-refractivity contribution in [1.29, 1.82) is 0 Å². The van der Waals surface area contributed by atoms with Gasteiger partial charge in [0.25, 0.3) is 0 Å². The number of hydrogen-bond donors (Lipinski definition) is 2. The van der Waals surface area contributed by atoms with Gasteiger partial charge in [-0.15, -0.1) is 0 Å². The number of nitrogens with two attached hydrogens (primary N) is 2. The molecule has 0 saturated heterocycles. The van der Waals surface area contributed by atoms with Gasteiger partial charge < -0.3 is 11.5 Å². The van der Waals surface area contributed by atoms with Gasteiger partial charge in [-0.05, 0) is 43.9 Å². The summed E-state index contributed by atoms with van der Waals surface area (Å²) in [5.74, 6) is 1.75. The molecule has 78 valence electrons. The molecule has 13 heavy (non-hydrogen) atoms. The Balaban J connectivity index is 2.25. The summed E-state index contributed by atoms with van der Waals surface area (Å²) in [6, 6.07) is 0. The van der Waals surface area contributed by atoms with Crippen molar-refractivity contribution in [1.82, 2.24) is 0 Å². The summed E-state index contributed by atoms with van der Waals surface area (Å²) in [4.78, 5) is 0. The molecule has 1 atom stereocenters. The molecule has 1 aliphatic carbocycles. The molecular weight excluding hydrogens is 160 g/mol. The van der Waals surface area contributed by atoms with E-state index in [2.05, 4.69) is 13.8 Å². The van der Waals surface area contributed by atoms with Gasteiger partial charge in [0, 0.05) is 0 Å². The maximum absolute atomic E-state index is 5.88. The van der Waals surface area contributed by atoms with Gasteiger partial charge in [0.1, 0.15) is 0 Å². The Morgan fingerprint density at radius 2 is 1.85 bits per heavy atom. The van der Waals surface area contributed by atoms with Crippen LogP contribution in [0.4, 0.5) is 0 Å². The van der Waals surface area contributed by atoms with E-state index in [1.54, 1.807) is 0 Å². The molecule has 1 saturated carbocycles. The minimum absolute atomic E-state index is 0.355. The van der Waals surface area contributed by atoms with E-state index in [0.717, 1.165) is 24.7 Å². The third-order valence-corrected chi connectivity index (χ3v) is 3.47. The monoisotopic (exact) mass is 184 g/mol. The van der Waals surface area contributed by atoms with Gasteiger partial charge in [-0.1, -0.05) is 20.3 Å². The summed E-state index contributed by atoms with van der Waals surface area (Å²) in [6.45, 7) is 4.61. The first-order valence-electron chi connectivity index (χ1n) is 5.61. The predicted octanol–water partition coefficient (Wildman–Crippen LogP) is 2.23. The minimum atomic E-state index is -0.355. The fourth-order valence-electron chi connectivity index (χ4n) is 2.19. The molecule has 2 nitrogen and oxygen atoms in total. The van der Waals surface area contributed by atoms with E-state index in [4.69, 9.17) is 11.5 Å². The minimum Gasteiger partial charge on any atom is -0.313 e. The molecule has 0 heterocycles. The van der Waals surface area contributed by atoms with E-state index in [1.807, 2.05) is 0 Å². The summed E-state index contributed by atoms with van der Waals surface area (Å²) in [6.07, 6.45) is 7.15. The maximum Gasteiger partial charge on any atom is 0.0636 e. The largest absolute Gasteiger partial charge is 0.313 e. The summed E-state index contributed by atoms with van der Waals surface area (Å²) in [5, 5.41) is 0. The predicted molar refractivity (Wildman–Crippen MR) is 57.1 cm³/mol. The lowest BCUT2D eigenvalue weighted by atomic mass is 9.78. The first-order chi connectivity index (χ1) is 6.03. The van der Waals surface area contributed by atoms with E-state index in [0.29, 0.717) is 0 Å². The molecule has 4 N–H and O–H groups in total. The molecule has 2 heteroatoms. The van der Waals surface area contributed by atoms with E-state index >= 15 is 0 Å². The van der Waals surface area contributed by atoms with Crippen LogP contribution in [0, 0.1) is 11.8 Å². The first kappa shape index (κ1) is 11.0. The van der Waals surface area contributed by atoms with Gasteiger partial charge in [0.2, 0.25) is 0 Å². The van der Waals surface area contributed by atoms with Crippen LogP contribution in [0.15, 0.2) is 0 Å². The second-order valence-electron chi connectivity index (χ2n) is 4.93. The van der Waals surface area contributed by atoms with Gasteiger partial charge in [-0.25, -0.2) is 0 Å². The second-order valence-corrected chi connectivity index (χ2v) is 4.93. The standard InChI is InChI=1S/C11H24N2/c1-3-9(2)8-10-4-6-11(12,13)7-5-10/h9-10H,3-8,12-13H2,1-2H3. The highest BCUT2D eigenvalue weighted by molar-refractivity contribution is 4.84.